The Morgan fingerprint density at radius 3 is 2.67 bits per heavy atom. The molecular formula is C15H21NO4S. The molecule has 6 heteroatoms. The molecule has 116 valence electrons. The van der Waals surface area contributed by atoms with Gasteiger partial charge < -0.3 is 19.9 Å². The summed E-state index contributed by atoms with van der Waals surface area (Å²) < 4.78 is 10.3. The van der Waals surface area contributed by atoms with Crippen molar-refractivity contribution in [3.05, 3.63) is 24.3 Å². The second-order valence-corrected chi connectivity index (χ2v) is 6.13. The van der Waals surface area contributed by atoms with Gasteiger partial charge in [-0.2, -0.15) is 0 Å². The predicted octanol–water partition coefficient (Wildman–Crippen LogP) is 1.45. The van der Waals surface area contributed by atoms with Crippen LogP contribution in [0.4, 0.5) is 0 Å². The molecule has 2 rings (SSSR count). The van der Waals surface area contributed by atoms with Crippen LogP contribution in [-0.2, 0) is 9.53 Å². The zero-order valence-corrected chi connectivity index (χ0v) is 12.9. The predicted molar refractivity (Wildman–Crippen MR) is 81.7 cm³/mol. The van der Waals surface area contributed by atoms with Crippen molar-refractivity contribution >= 4 is 17.7 Å². The molecule has 1 aromatic rings. The number of hydrogen-bond donors (Lipinski definition) is 2. The van der Waals surface area contributed by atoms with Crippen molar-refractivity contribution in [1.29, 1.82) is 0 Å². The Morgan fingerprint density at radius 2 is 2.05 bits per heavy atom. The molecule has 2 N–H and O–H groups in total. The summed E-state index contributed by atoms with van der Waals surface area (Å²) in [5.41, 5.74) is -0.821. The number of aliphatic hydroxyl groups is 1. The standard InChI is InChI=1S/C15H21NO4S/c1-19-12-2-4-13(5-3-12)21-10-14(17)16-11-15(18)6-8-20-9-7-15/h2-5,18H,6-11H2,1H3,(H,16,17). The number of amides is 1. The van der Waals surface area contributed by atoms with Crippen molar-refractivity contribution in [1.82, 2.24) is 5.32 Å². The Hall–Kier alpha value is -1.24. The fraction of sp³-hybridized carbons (Fsp3) is 0.533. The van der Waals surface area contributed by atoms with E-state index in [1.807, 2.05) is 24.3 Å². The Bertz CT molecular complexity index is 457. The summed E-state index contributed by atoms with van der Waals surface area (Å²) in [6.07, 6.45) is 1.14. The first-order chi connectivity index (χ1) is 10.1. The second kappa shape index (κ2) is 7.68. The van der Waals surface area contributed by atoms with Gasteiger partial charge in [-0.05, 0) is 24.3 Å². The van der Waals surface area contributed by atoms with Crippen LogP contribution in [0.25, 0.3) is 0 Å². The summed E-state index contributed by atoms with van der Waals surface area (Å²) in [4.78, 5) is 12.8. The number of ether oxygens (including phenoxy) is 2. The van der Waals surface area contributed by atoms with Crippen molar-refractivity contribution in [2.75, 3.05) is 32.6 Å². The number of hydrogen-bond acceptors (Lipinski definition) is 5. The number of carbonyl (C=O) groups is 1. The SMILES string of the molecule is COc1ccc(SCC(=O)NCC2(O)CCOCC2)cc1. The molecule has 1 aliphatic heterocycles. The van der Waals surface area contributed by atoms with Gasteiger partial charge >= 0.3 is 0 Å². The highest BCUT2D eigenvalue weighted by molar-refractivity contribution is 8.00. The molecule has 0 spiro atoms. The van der Waals surface area contributed by atoms with Gasteiger partial charge in [0, 0.05) is 37.5 Å². The van der Waals surface area contributed by atoms with Crippen LogP contribution in [0.15, 0.2) is 29.2 Å². The largest absolute Gasteiger partial charge is 0.497 e. The maximum Gasteiger partial charge on any atom is 0.230 e. The van der Waals surface area contributed by atoms with Crippen LogP contribution >= 0.6 is 11.8 Å². The Labute approximate surface area is 129 Å². The Kier molecular flexibility index (Phi) is 5.90. The summed E-state index contributed by atoms with van der Waals surface area (Å²) in [6.45, 7) is 1.39. The lowest BCUT2D eigenvalue weighted by molar-refractivity contribution is -0.121. The topological polar surface area (TPSA) is 67.8 Å². The first-order valence-corrected chi connectivity index (χ1v) is 7.93. The minimum absolute atomic E-state index is 0.0734. The van der Waals surface area contributed by atoms with Gasteiger partial charge in [-0.1, -0.05) is 0 Å². The lowest BCUT2D eigenvalue weighted by Gasteiger charge is -2.32. The van der Waals surface area contributed by atoms with Crippen LogP contribution < -0.4 is 10.1 Å². The molecule has 0 unspecified atom stereocenters. The Morgan fingerprint density at radius 1 is 1.38 bits per heavy atom. The molecule has 1 aliphatic rings. The van der Waals surface area contributed by atoms with E-state index < -0.39 is 5.60 Å². The molecule has 1 fully saturated rings. The van der Waals surface area contributed by atoms with E-state index in [0.29, 0.717) is 38.4 Å². The fourth-order valence-electron chi connectivity index (χ4n) is 2.06. The molecule has 0 aromatic heterocycles. The highest BCUT2D eigenvalue weighted by atomic mass is 32.2. The number of benzene rings is 1. The number of thioether (sulfide) groups is 1. The van der Waals surface area contributed by atoms with Crippen LogP contribution in [0.5, 0.6) is 5.75 Å². The molecule has 0 aliphatic carbocycles. The molecule has 0 bridgehead atoms. The van der Waals surface area contributed by atoms with E-state index in [1.165, 1.54) is 11.8 Å². The maximum atomic E-state index is 11.8. The number of nitrogens with one attached hydrogen (secondary N) is 1. The lowest BCUT2D eigenvalue weighted by atomic mass is 9.94. The molecule has 0 radical (unpaired) electrons. The molecule has 1 aromatic carbocycles. The number of methoxy groups -OCH3 is 1. The average Bonchev–Trinajstić information content (AvgIpc) is 2.52. The van der Waals surface area contributed by atoms with E-state index in [1.54, 1.807) is 7.11 Å². The highest BCUT2D eigenvalue weighted by Gasteiger charge is 2.29. The summed E-state index contributed by atoms with van der Waals surface area (Å²) in [7, 11) is 1.62. The minimum atomic E-state index is -0.821. The summed E-state index contributed by atoms with van der Waals surface area (Å²) in [5.74, 6) is 1.06. The number of rotatable bonds is 6. The third-order valence-corrected chi connectivity index (χ3v) is 4.48. The highest BCUT2D eigenvalue weighted by Crippen LogP contribution is 2.22. The van der Waals surface area contributed by atoms with Gasteiger partial charge in [-0.25, -0.2) is 0 Å². The van der Waals surface area contributed by atoms with Crippen molar-refractivity contribution in [2.45, 2.75) is 23.3 Å². The van der Waals surface area contributed by atoms with E-state index in [9.17, 15) is 9.90 Å². The molecule has 21 heavy (non-hydrogen) atoms. The molecule has 1 amide bonds. The van der Waals surface area contributed by atoms with Gasteiger partial charge in [0.25, 0.3) is 0 Å². The van der Waals surface area contributed by atoms with Gasteiger partial charge in [-0.3, -0.25) is 4.79 Å². The van der Waals surface area contributed by atoms with E-state index in [4.69, 9.17) is 9.47 Å². The lowest BCUT2D eigenvalue weighted by Crippen LogP contribution is -2.47. The van der Waals surface area contributed by atoms with Crippen LogP contribution in [0.2, 0.25) is 0 Å². The van der Waals surface area contributed by atoms with Crippen LogP contribution in [0, 0.1) is 0 Å². The maximum absolute atomic E-state index is 11.8. The van der Waals surface area contributed by atoms with Crippen LogP contribution in [0.1, 0.15) is 12.8 Å². The molecule has 1 heterocycles. The van der Waals surface area contributed by atoms with Crippen molar-refractivity contribution in [2.24, 2.45) is 0 Å². The first kappa shape index (κ1) is 16.1. The van der Waals surface area contributed by atoms with E-state index in [-0.39, 0.29) is 5.91 Å². The molecule has 0 atom stereocenters. The third kappa shape index (κ3) is 5.22. The van der Waals surface area contributed by atoms with Gasteiger partial charge in [-0.15, -0.1) is 11.8 Å². The van der Waals surface area contributed by atoms with Crippen LogP contribution in [-0.4, -0.2) is 49.2 Å². The minimum Gasteiger partial charge on any atom is -0.497 e. The van der Waals surface area contributed by atoms with Crippen molar-refractivity contribution in [3.8, 4) is 5.75 Å². The molecule has 0 saturated carbocycles. The average molecular weight is 311 g/mol. The quantitative estimate of drug-likeness (QED) is 0.778. The summed E-state index contributed by atoms with van der Waals surface area (Å²) in [6, 6.07) is 7.57. The zero-order chi connectivity index (χ0) is 15.1. The zero-order valence-electron chi connectivity index (χ0n) is 12.1. The van der Waals surface area contributed by atoms with Gasteiger partial charge in [0.15, 0.2) is 0 Å². The monoisotopic (exact) mass is 311 g/mol. The normalized spacial score (nSPS) is 17.2. The van der Waals surface area contributed by atoms with Gasteiger partial charge in [0.1, 0.15) is 5.75 Å². The molecular weight excluding hydrogens is 290 g/mol. The molecule has 1 saturated heterocycles. The summed E-state index contributed by atoms with van der Waals surface area (Å²) in [5, 5.41) is 13.0. The van der Waals surface area contributed by atoms with Gasteiger partial charge in [0.05, 0.1) is 18.5 Å². The number of carbonyl (C=O) groups excluding carboxylic acids is 1. The van der Waals surface area contributed by atoms with E-state index in [2.05, 4.69) is 5.32 Å². The third-order valence-electron chi connectivity index (χ3n) is 3.47. The fourth-order valence-corrected chi connectivity index (χ4v) is 2.79. The van der Waals surface area contributed by atoms with E-state index in [0.717, 1.165) is 10.6 Å². The van der Waals surface area contributed by atoms with Crippen molar-refractivity contribution < 1.29 is 19.4 Å². The first-order valence-electron chi connectivity index (χ1n) is 6.95. The smallest absolute Gasteiger partial charge is 0.230 e. The molecule has 5 nitrogen and oxygen atoms in total. The summed E-state index contributed by atoms with van der Waals surface area (Å²) >= 11 is 1.46. The van der Waals surface area contributed by atoms with Gasteiger partial charge in [0.2, 0.25) is 5.91 Å². The second-order valence-electron chi connectivity index (χ2n) is 5.08. The van der Waals surface area contributed by atoms with E-state index >= 15 is 0 Å². The van der Waals surface area contributed by atoms with Crippen LogP contribution in [0.3, 0.4) is 0 Å². The Balaban J connectivity index is 1.71. The van der Waals surface area contributed by atoms with Crippen molar-refractivity contribution in [3.63, 3.8) is 0 Å².